The Bertz CT molecular complexity index is 925. The molecule has 25 heavy (non-hydrogen) atoms. The number of hydrogen-bond donors (Lipinski definition) is 0. The van der Waals surface area contributed by atoms with Crippen molar-refractivity contribution in [3.8, 4) is 11.5 Å². The van der Waals surface area contributed by atoms with Crippen LogP contribution in [0, 0.1) is 0 Å². The van der Waals surface area contributed by atoms with Crippen LogP contribution in [0.25, 0.3) is 11.5 Å². The number of halogens is 2. The van der Waals surface area contributed by atoms with Crippen molar-refractivity contribution in [3.05, 3.63) is 58.3 Å². The Morgan fingerprint density at radius 2 is 2.08 bits per heavy atom. The highest BCUT2D eigenvalue weighted by Gasteiger charge is 2.36. The van der Waals surface area contributed by atoms with E-state index in [0.29, 0.717) is 46.1 Å². The summed E-state index contributed by atoms with van der Waals surface area (Å²) in [5.74, 6) is 0.671. The van der Waals surface area contributed by atoms with Crippen LogP contribution in [-0.4, -0.2) is 44.0 Å². The Balaban J connectivity index is 1.45. The maximum atomic E-state index is 12.5. The fourth-order valence-corrected chi connectivity index (χ4v) is 2.92. The molecule has 1 aliphatic heterocycles. The van der Waals surface area contributed by atoms with E-state index < -0.39 is 0 Å². The molecule has 1 fully saturated rings. The van der Waals surface area contributed by atoms with Gasteiger partial charge in [-0.2, -0.15) is 4.98 Å². The van der Waals surface area contributed by atoms with Gasteiger partial charge >= 0.3 is 0 Å². The SMILES string of the molecule is O=C(c1cc(Cl)ccc1Cl)N1CC(c2nc(-c3cnccn3)no2)C1. The zero-order valence-electron chi connectivity index (χ0n) is 12.8. The molecule has 0 atom stereocenters. The van der Waals surface area contributed by atoms with E-state index in [9.17, 15) is 4.79 Å². The lowest BCUT2D eigenvalue weighted by atomic mass is 9.98. The van der Waals surface area contributed by atoms with Crippen LogP contribution in [-0.2, 0) is 0 Å². The van der Waals surface area contributed by atoms with Gasteiger partial charge in [0, 0.05) is 30.5 Å². The predicted molar refractivity (Wildman–Crippen MR) is 90.4 cm³/mol. The third kappa shape index (κ3) is 3.08. The highest BCUT2D eigenvalue weighted by molar-refractivity contribution is 6.35. The van der Waals surface area contributed by atoms with Gasteiger partial charge < -0.3 is 9.42 Å². The molecular formula is C16H11Cl2N5O2. The molecular weight excluding hydrogens is 365 g/mol. The molecule has 0 bridgehead atoms. The van der Waals surface area contributed by atoms with Crippen molar-refractivity contribution in [1.29, 1.82) is 0 Å². The van der Waals surface area contributed by atoms with Gasteiger partial charge in [0.2, 0.25) is 11.7 Å². The Hall–Kier alpha value is -2.51. The lowest BCUT2D eigenvalue weighted by Crippen LogP contribution is -2.48. The first-order valence-corrected chi connectivity index (χ1v) is 8.22. The number of likely N-dealkylation sites (tertiary alicyclic amines) is 1. The molecule has 0 unspecified atom stereocenters. The number of benzene rings is 1. The van der Waals surface area contributed by atoms with E-state index in [-0.39, 0.29) is 11.8 Å². The molecule has 0 radical (unpaired) electrons. The quantitative estimate of drug-likeness (QED) is 0.699. The van der Waals surface area contributed by atoms with Crippen LogP contribution in [0.1, 0.15) is 22.2 Å². The zero-order valence-corrected chi connectivity index (χ0v) is 14.3. The van der Waals surface area contributed by atoms with Gasteiger partial charge in [-0.1, -0.05) is 28.4 Å². The monoisotopic (exact) mass is 375 g/mol. The summed E-state index contributed by atoms with van der Waals surface area (Å²) >= 11 is 12.0. The summed E-state index contributed by atoms with van der Waals surface area (Å²) in [4.78, 5) is 26.6. The predicted octanol–water partition coefficient (Wildman–Crippen LogP) is 3.07. The summed E-state index contributed by atoms with van der Waals surface area (Å²) < 4.78 is 5.29. The Morgan fingerprint density at radius 1 is 1.24 bits per heavy atom. The van der Waals surface area contributed by atoms with Crippen molar-refractivity contribution in [2.75, 3.05) is 13.1 Å². The van der Waals surface area contributed by atoms with Crippen LogP contribution in [0.15, 0.2) is 41.3 Å². The smallest absolute Gasteiger partial charge is 0.255 e. The minimum absolute atomic E-state index is 0.0140. The summed E-state index contributed by atoms with van der Waals surface area (Å²) in [5.41, 5.74) is 0.925. The number of carbonyl (C=O) groups excluding carboxylic acids is 1. The largest absolute Gasteiger partial charge is 0.338 e. The van der Waals surface area contributed by atoms with Gasteiger partial charge in [-0.05, 0) is 18.2 Å². The maximum absolute atomic E-state index is 12.5. The highest BCUT2D eigenvalue weighted by Crippen LogP contribution is 2.30. The average Bonchev–Trinajstić information content (AvgIpc) is 3.06. The highest BCUT2D eigenvalue weighted by atomic mass is 35.5. The molecule has 3 aromatic rings. The van der Waals surface area contributed by atoms with Crippen LogP contribution in [0.2, 0.25) is 10.0 Å². The van der Waals surface area contributed by atoms with E-state index in [1.807, 2.05) is 0 Å². The molecule has 1 amide bonds. The number of rotatable bonds is 3. The normalized spacial score (nSPS) is 14.4. The van der Waals surface area contributed by atoms with Gasteiger partial charge in [0.05, 0.1) is 22.7 Å². The van der Waals surface area contributed by atoms with Gasteiger partial charge in [-0.25, -0.2) is 4.98 Å². The fraction of sp³-hybridized carbons (Fsp3) is 0.188. The standard InChI is InChI=1S/C16H11Cl2N5O2/c17-10-1-2-12(18)11(5-10)16(24)23-7-9(8-23)15-21-14(22-25-15)13-6-19-3-4-20-13/h1-6,9H,7-8H2. The van der Waals surface area contributed by atoms with Crippen molar-refractivity contribution in [2.24, 2.45) is 0 Å². The molecule has 1 aliphatic rings. The number of carbonyl (C=O) groups is 1. The summed E-state index contributed by atoms with van der Waals surface area (Å²) in [6.07, 6.45) is 4.69. The van der Waals surface area contributed by atoms with E-state index in [2.05, 4.69) is 20.1 Å². The minimum atomic E-state index is -0.169. The van der Waals surface area contributed by atoms with Gasteiger partial charge in [0.15, 0.2) is 0 Å². The summed E-state index contributed by atoms with van der Waals surface area (Å²) in [6, 6.07) is 4.82. The Morgan fingerprint density at radius 3 is 2.84 bits per heavy atom. The molecule has 1 saturated heterocycles. The Labute approximate surface area is 152 Å². The number of hydrogen-bond acceptors (Lipinski definition) is 6. The van der Waals surface area contributed by atoms with Gasteiger partial charge in [-0.3, -0.25) is 9.78 Å². The molecule has 1 aromatic carbocycles. The summed E-state index contributed by atoms with van der Waals surface area (Å²) in [6.45, 7) is 0.952. The first-order valence-electron chi connectivity index (χ1n) is 7.46. The third-order valence-electron chi connectivity index (χ3n) is 3.91. The van der Waals surface area contributed by atoms with Gasteiger partial charge in [0.1, 0.15) is 5.69 Å². The van der Waals surface area contributed by atoms with Gasteiger partial charge in [-0.15, -0.1) is 0 Å². The summed E-state index contributed by atoms with van der Waals surface area (Å²) in [5, 5.41) is 4.76. The lowest BCUT2D eigenvalue weighted by Gasteiger charge is -2.37. The molecule has 0 N–H and O–H groups in total. The van der Waals surface area contributed by atoms with E-state index in [1.54, 1.807) is 41.7 Å². The van der Waals surface area contributed by atoms with Crippen molar-refractivity contribution in [1.82, 2.24) is 25.0 Å². The van der Waals surface area contributed by atoms with E-state index >= 15 is 0 Å². The number of nitrogens with zero attached hydrogens (tertiary/aromatic N) is 5. The molecule has 3 heterocycles. The average molecular weight is 376 g/mol. The molecule has 9 heteroatoms. The van der Waals surface area contributed by atoms with Gasteiger partial charge in [0.25, 0.3) is 5.91 Å². The van der Waals surface area contributed by atoms with Crippen LogP contribution in [0.4, 0.5) is 0 Å². The molecule has 2 aromatic heterocycles. The minimum Gasteiger partial charge on any atom is -0.338 e. The van der Waals surface area contributed by atoms with E-state index in [1.165, 1.54) is 0 Å². The summed E-state index contributed by atoms with van der Waals surface area (Å²) in [7, 11) is 0. The molecule has 0 saturated carbocycles. The second-order valence-corrected chi connectivity index (χ2v) is 6.42. The van der Waals surface area contributed by atoms with Crippen molar-refractivity contribution in [2.45, 2.75) is 5.92 Å². The topological polar surface area (TPSA) is 85.0 Å². The lowest BCUT2D eigenvalue weighted by molar-refractivity contribution is 0.0569. The second kappa shape index (κ2) is 6.42. The first kappa shape index (κ1) is 16.0. The van der Waals surface area contributed by atoms with Crippen molar-refractivity contribution >= 4 is 29.1 Å². The van der Waals surface area contributed by atoms with Crippen LogP contribution >= 0.6 is 23.2 Å². The second-order valence-electron chi connectivity index (χ2n) is 5.58. The third-order valence-corrected chi connectivity index (χ3v) is 4.48. The van der Waals surface area contributed by atoms with Crippen molar-refractivity contribution in [3.63, 3.8) is 0 Å². The molecule has 126 valence electrons. The zero-order chi connectivity index (χ0) is 17.4. The number of aromatic nitrogens is 4. The fourth-order valence-electron chi connectivity index (χ4n) is 2.55. The molecule has 7 nitrogen and oxygen atoms in total. The molecule has 0 aliphatic carbocycles. The van der Waals surface area contributed by atoms with Crippen LogP contribution in [0.5, 0.6) is 0 Å². The van der Waals surface area contributed by atoms with Crippen molar-refractivity contribution < 1.29 is 9.32 Å². The van der Waals surface area contributed by atoms with Crippen LogP contribution < -0.4 is 0 Å². The Kier molecular flexibility index (Phi) is 4.10. The number of amides is 1. The van der Waals surface area contributed by atoms with E-state index in [4.69, 9.17) is 27.7 Å². The first-order chi connectivity index (χ1) is 12.1. The van der Waals surface area contributed by atoms with Crippen LogP contribution in [0.3, 0.4) is 0 Å². The molecule has 0 spiro atoms. The maximum Gasteiger partial charge on any atom is 0.255 e. The van der Waals surface area contributed by atoms with E-state index in [0.717, 1.165) is 0 Å². The molecule has 4 rings (SSSR count).